The van der Waals surface area contributed by atoms with Crippen LogP contribution in [0.2, 0.25) is 0 Å². The van der Waals surface area contributed by atoms with Crippen LogP contribution in [-0.4, -0.2) is 35.2 Å². The van der Waals surface area contributed by atoms with Crippen LogP contribution in [0, 0.1) is 23.7 Å². The smallest absolute Gasteiger partial charge is 0.0743 e. The zero-order valence-electron chi connectivity index (χ0n) is 31.6. The molecule has 4 saturated carbocycles. The summed E-state index contributed by atoms with van der Waals surface area (Å²) in [5.74, 6) is 4.98. The first-order chi connectivity index (χ1) is 26.8. The van der Waals surface area contributed by atoms with Gasteiger partial charge in [0, 0.05) is 18.1 Å². The number of hydrogen-bond acceptors (Lipinski definition) is 2. The van der Waals surface area contributed by atoms with E-state index >= 15 is 0 Å². The van der Waals surface area contributed by atoms with Crippen molar-refractivity contribution in [3.05, 3.63) is 156 Å². The van der Waals surface area contributed by atoms with Gasteiger partial charge in [-0.15, -0.1) is 0 Å². The van der Waals surface area contributed by atoms with Crippen molar-refractivity contribution in [3.8, 4) is 22.3 Å². The van der Waals surface area contributed by atoms with Gasteiger partial charge in [0.15, 0.2) is 0 Å². The fourth-order valence-electron chi connectivity index (χ4n) is 13.6. The summed E-state index contributed by atoms with van der Waals surface area (Å²) < 4.78 is 7.63. The Labute approximate surface area is 323 Å². The minimum atomic E-state index is 0.311. The second-order valence-corrected chi connectivity index (χ2v) is 18.0. The van der Waals surface area contributed by atoms with Crippen molar-refractivity contribution in [2.24, 2.45) is 23.7 Å². The number of nitrogens with zero attached hydrogens (tertiary/aromatic N) is 1. The van der Waals surface area contributed by atoms with Gasteiger partial charge in [0.1, 0.15) is 0 Å². The lowest BCUT2D eigenvalue weighted by Gasteiger charge is -2.69. The molecule has 12 unspecified atom stereocenters. The van der Waals surface area contributed by atoms with Gasteiger partial charge >= 0.3 is 0 Å². The van der Waals surface area contributed by atoms with E-state index in [4.69, 9.17) is 4.74 Å². The van der Waals surface area contributed by atoms with Gasteiger partial charge < -0.3 is 4.74 Å². The second-order valence-electron chi connectivity index (χ2n) is 18.0. The number of morpholine rings is 1. The molecule has 2 heteroatoms. The lowest BCUT2D eigenvalue weighted by atomic mass is 9.49. The van der Waals surface area contributed by atoms with Crippen LogP contribution >= 0.6 is 0 Å². The fraction of sp³-hybridized carbons (Fsp3) is 0.423. The summed E-state index contributed by atoms with van der Waals surface area (Å²) in [6, 6.07) is 54.6. The van der Waals surface area contributed by atoms with Crippen LogP contribution < -0.4 is 0 Å². The molecule has 0 aromatic heterocycles. The average Bonchev–Trinajstić information content (AvgIpc) is 3.25. The van der Waals surface area contributed by atoms with E-state index < -0.39 is 0 Å². The van der Waals surface area contributed by atoms with Crippen molar-refractivity contribution in [3.63, 3.8) is 0 Å². The first-order valence-electron chi connectivity index (χ1n) is 21.6. The van der Waals surface area contributed by atoms with E-state index in [-0.39, 0.29) is 0 Å². The molecule has 0 bridgehead atoms. The van der Waals surface area contributed by atoms with Crippen molar-refractivity contribution in [1.82, 2.24) is 4.90 Å². The Morgan fingerprint density at radius 2 is 1.00 bits per heavy atom. The molecule has 5 aromatic rings. The molecule has 12 atom stereocenters. The van der Waals surface area contributed by atoms with Gasteiger partial charge in [-0.2, -0.15) is 0 Å². The van der Waals surface area contributed by atoms with Crippen LogP contribution in [0.4, 0.5) is 0 Å². The predicted molar refractivity (Wildman–Crippen MR) is 220 cm³/mol. The van der Waals surface area contributed by atoms with E-state index in [1.54, 1.807) is 5.56 Å². The summed E-state index contributed by atoms with van der Waals surface area (Å²) in [6.07, 6.45) is 13.8. The number of ether oxygens (including phenoxy) is 1. The Morgan fingerprint density at radius 3 is 1.70 bits per heavy atom. The van der Waals surface area contributed by atoms with Gasteiger partial charge in [-0.1, -0.05) is 146 Å². The SMILES string of the molecule is c1ccc(-c2cccc(C3CCC4C(C3)OC3CC(c5cccc(-c6ccccc6)c5)CC5C6CCCC7C(c8ccccc8)CCC(C76)N4C35)c2)cc1. The maximum atomic E-state index is 7.63. The normalized spacial score (nSPS) is 35.6. The van der Waals surface area contributed by atoms with Crippen molar-refractivity contribution < 1.29 is 4.74 Å². The Kier molecular flexibility index (Phi) is 8.62. The molecule has 4 aliphatic carbocycles. The third-order valence-corrected chi connectivity index (χ3v) is 15.6. The number of rotatable bonds is 5. The van der Waals surface area contributed by atoms with Crippen LogP contribution in [0.15, 0.2) is 140 Å². The third-order valence-electron chi connectivity index (χ3n) is 15.6. The van der Waals surface area contributed by atoms with E-state index in [2.05, 4.69) is 144 Å². The molecule has 0 spiro atoms. The number of fused-ring (bicyclic) bond motifs is 4. The van der Waals surface area contributed by atoms with E-state index in [1.165, 1.54) is 84.7 Å². The molecule has 2 heterocycles. The van der Waals surface area contributed by atoms with Crippen molar-refractivity contribution in [2.75, 3.05) is 0 Å². The molecule has 0 amide bonds. The molecule has 5 aromatic carbocycles. The topological polar surface area (TPSA) is 12.5 Å². The summed E-state index contributed by atoms with van der Waals surface area (Å²) in [5.41, 5.74) is 9.99. The highest BCUT2D eigenvalue weighted by Crippen LogP contribution is 2.62. The van der Waals surface area contributed by atoms with Gasteiger partial charge in [0.05, 0.1) is 12.2 Å². The highest BCUT2D eigenvalue weighted by Gasteiger charge is 2.63. The van der Waals surface area contributed by atoms with Crippen LogP contribution in [0.5, 0.6) is 0 Å². The van der Waals surface area contributed by atoms with Gasteiger partial charge in [0.2, 0.25) is 0 Å². The molecule has 2 aliphatic heterocycles. The van der Waals surface area contributed by atoms with Gasteiger partial charge in [-0.25, -0.2) is 0 Å². The Hall–Kier alpha value is -3.98. The summed E-state index contributed by atoms with van der Waals surface area (Å²) in [5, 5.41) is 0. The van der Waals surface area contributed by atoms with Gasteiger partial charge in [0.25, 0.3) is 0 Å². The summed E-state index contributed by atoms with van der Waals surface area (Å²) in [7, 11) is 0. The molecule has 2 nitrogen and oxygen atoms in total. The monoisotopic (exact) mass is 709 g/mol. The minimum Gasteiger partial charge on any atom is -0.372 e. The first kappa shape index (κ1) is 33.4. The van der Waals surface area contributed by atoms with Gasteiger partial charge in [-0.3, -0.25) is 4.90 Å². The number of piperidine rings is 1. The molecule has 0 N–H and O–H groups in total. The van der Waals surface area contributed by atoms with E-state index in [9.17, 15) is 0 Å². The van der Waals surface area contributed by atoms with Crippen molar-refractivity contribution >= 4 is 0 Å². The Bertz CT molecular complexity index is 2060. The maximum absolute atomic E-state index is 7.63. The lowest BCUT2D eigenvalue weighted by Crippen LogP contribution is -2.74. The fourth-order valence-corrected chi connectivity index (χ4v) is 13.6. The summed E-state index contributed by atoms with van der Waals surface area (Å²) >= 11 is 0. The molecule has 54 heavy (non-hydrogen) atoms. The van der Waals surface area contributed by atoms with E-state index in [0.717, 1.165) is 36.6 Å². The van der Waals surface area contributed by atoms with Crippen LogP contribution in [0.1, 0.15) is 98.7 Å². The first-order valence-corrected chi connectivity index (χ1v) is 21.6. The molecule has 6 fully saturated rings. The molecule has 11 rings (SSSR count). The third kappa shape index (κ3) is 5.74. The largest absolute Gasteiger partial charge is 0.372 e. The van der Waals surface area contributed by atoms with Gasteiger partial charge in [-0.05, 0) is 138 Å². The Balaban J connectivity index is 0.952. The standard InChI is InChI=1S/C52H55NO/c1-4-13-34(14-5-1)37-19-10-21-39(29-37)41-25-27-47-49(32-41)54-50-33-42(40-22-11-20-38(30-40)35-15-6-2-7-16-35)31-46-45-24-12-23-44-43(36-17-8-3-9-18-36)26-28-48(51(44)45)53(47)52(46)50/h1-11,13-22,29-30,41-52H,12,23-28,31-33H2. The highest BCUT2D eigenvalue weighted by atomic mass is 16.5. The molecule has 0 radical (unpaired) electrons. The molecule has 274 valence electrons. The Morgan fingerprint density at radius 1 is 0.426 bits per heavy atom. The number of hydrogen-bond donors (Lipinski definition) is 0. The zero-order chi connectivity index (χ0) is 35.6. The van der Waals surface area contributed by atoms with Crippen molar-refractivity contribution in [2.45, 2.75) is 112 Å². The van der Waals surface area contributed by atoms with Crippen LogP contribution in [-0.2, 0) is 4.74 Å². The predicted octanol–water partition coefficient (Wildman–Crippen LogP) is 12.3. The summed E-state index contributed by atoms with van der Waals surface area (Å²) in [6.45, 7) is 0. The lowest BCUT2D eigenvalue weighted by molar-refractivity contribution is -0.251. The second kappa shape index (κ2) is 13.9. The van der Waals surface area contributed by atoms with Crippen LogP contribution in [0.25, 0.3) is 22.3 Å². The molecular weight excluding hydrogens is 655 g/mol. The zero-order valence-corrected chi connectivity index (χ0v) is 31.6. The molecular formula is C52H55NO. The molecule has 6 aliphatic rings. The highest BCUT2D eigenvalue weighted by molar-refractivity contribution is 5.65. The molecule has 2 saturated heterocycles. The maximum Gasteiger partial charge on any atom is 0.0743 e. The van der Waals surface area contributed by atoms with Crippen LogP contribution in [0.3, 0.4) is 0 Å². The average molecular weight is 710 g/mol. The number of benzene rings is 5. The van der Waals surface area contributed by atoms with E-state index in [1.807, 2.05) is 0 Å². The van der Waals surface area contributed by atoms with E-state index in [0.29, 0.717) is 48.0 Å². The van der Waals surface area contributed by atoms with Crippen molar-refractivity contribution in [1.29, 1.82) is 0 Å². The minimum absolute atomic E-state index is 0.311. The summed E-state index contributed by atoms with van der Waals surface area (Å²) in [4.78, 5) is 3.23. The quantitative estimate of drug-likeness (QED) is 0.180.